The van der Waals surface area contributed by atoms with Gasteiger partial charge in [0, 0.05) is 17.3 Å². The number of pyridine rings is 1. The Morgan fingerprint density at radius 1 is 1.19 bits per heavy atom. The molecule has 3 rings (SSSR count). The Kier molecular flexibility index (Phi) is 3.38. The highest BCUT2D eigenvalue weighted by molar-refractivity contribution is 7.21. The van der Waals surface area contributed by atoms with Crippen LogP contribution in [0.15, 0.2) is 36.5 Å². The van der Waals surface area contributed by atoms with Gasteiger partial charge in [0.1, 0.15) is 15.4 Å². The van der Waals surface area contributed by atoms with Crippen LogP contribution < -0.4 is 0 Å². The summed E-state index contributed by atoms with van der Waals surface area (Å²) in [6.07, 6.45) is -2.84. The highest BCUT2D eigenvalue weighted by atomic mass is 32.1. The smallest absolute Gasteiger partial charge is 0.392 e. The number of alkyl halides is 3. The molecule has 1 N–H and O–H groups in total. The Balaban J connectivity index is 2.13. The maximum Gasteiger partial charge on any atom is 0.416 e. The monoisotopic (exact) mass is 310 g/mol. The standard InChI is InChI=1S/C14H9F3N2OS/c15-14(16,17)10-3-1-2-8(6-10)12-19-11-9(7-20)4-5-18-13(11)21-12/h1-6,20H,7H2. The molecular weight excluding hydrogens is 301 g/mol. The molecule has 3 nitrogen and oxygen atoms in total. The van der Waals surface area contributed by atoms with Crippen molar-refractivity contribution >= 4 is 21.7 Å². The van der Waals surface area contributed by atoms with Crippen molar-refractivity contribution in [1.82, 2.24) is 9.97 Å². The number of nitrogens with zero attached hydrogens (tertiary/aromatic N) is 2. The summed E-state index contributed by atoms with van der Waals surface area (Å²) in [5.41, 5.74) is 0.804. The van der Waals surface area contributed by atoms with Crippen molar-refractivity contribution in [2.45, 2.75) is 12.8 Å². The summed E-state index contributed by atoms with van der Waals surface area (Å²) in [4.78, 5) is 9.03. The minimum atomic E-state index is -4.39. The van der Waals surface area contributed by atoms with Crippen molar-refractivity contribution in [3.63, 3.8) is 0 Å². The third-order valence-electron chi connectivity index (χ3n) is 2.99. The van der Waals surface area contributed by atoms with Crippen LogP contribution in [0, 0.1) is 0 Å². The fourth-order valence-electron chi connectivity index (χ4n) is 1.96. The zero-order valence-electron chi connectivity index (χ0n) is 10.6. The zero-order chi connectivity index (χ0) is 15.0. The molecule has 0 saturated heterocycles. The van der Waals surface area contributed by atoms with Crippen LogP contribution in [0.4, 0.5) is 13.2 Å². The van der Waals surface area contributed by atoms with E-state index in [4.69, 9.17) is 0 Å². The van der Waals surface area contributed by atoms with Crippen LogP contribution in [-0.4, -0.2) is 15.1 Å². The minimum Gasteiger partial charge on any atom is -0.392 e. The van der Waals surface area contributed by atoms with E-state index in [-0.39, 0.29) is 6.61 Å². The molecule has 1 aromatic carbocycles. The molecule has 0 bridgehead atoms. The number of benzene rings is 1. The van der Waals surface area contributed by atoms with Crippen LogP contribution >= 0.6 is 11.3 Å². The minimum absolute atomic E-state index is 0.190. The van der Waals surface area contributed by atoms with Crippen molar-refractivity contribution < 1.29 is 18.3 Å². The highest BCUT2D eigenvalue weighted by Crippen LogP contribution is 2.35. The Labute approximate surface area is 121 Å². The average molecular weight is 310 g/mol. The first-order valence-corrected chi connectivity index (χ1v) is 6.83. The average Bonchev–Trinajstić information content (AvgIpc) is 2.90. The molecule has 2 aromatic heterocycles. The number of hydrogen-bond acceptors (Lipinski definition) is 4. The summed E-state index contributed by atoms with van der Waals surface area (Å²) in [7, 11) is 0. The first-order chi connectivity index (χ1) is 9.99. The summed E-state index contributed by atoms with van der Waals surface area (Å²) in [5.74, 6) is 0. The van der Waals surface area contributed by atoms with Crippen molar-refractivity contribution in [1.29, 1.82) is 0 Å². The fraction of sp³-hybridized carbons (Fsp3) is 0.143. The van der Waals surface area contributed by atoms with Crippen LogP contribution in [0.25, 0.3) is 20.9 Å². The SMILES string of the molecule is OCc1ccnc2sc(-c3cccc(C(F)(F)F)c3)nc12. The summed E-state index contributed by atoms with van der Waals surface area (Å²) < 4.78 is 38.2. The first-order valence-electron chi connectivity index (χ1n) is 6.02. The van der Waals surface area contributed by atoms with Crippen LogP contribution in [0.2, 0.25) is 0 Å². The van der Waals surface area contributed by atoms with Crippen LogP contribution in [0.3, 0.4) is 0 Å². The summed E-state index contributed by atoms with van der Waals surface area (Å²) in [5, 5.41) is 9.70. The summed E-state index contributed by atoms with van der Waals surface area (Å²) >= 11 is 1.20. The molecule has 0 amide bonds. The summed E-state index contributed by atoms with van der Waals surface area (Å²) in [6.45, 7) is -0.190. The van der Waals surface area contributed by atoms with E-state index in [1.165, 1.54) is 17.4 Å². The van der Waals surface area contributed by atoms with Gasteiger partial charge in [0.05, 0.1) is 12.2 Å². The van der Waals surface area contributed by atoms with Gasteiger partial charge in [-0.2, -0.15) is 13.2 Å². The molecule has 2 heterocycles. The second kappa shape index (κ2) is 5.09. The van der Waals surface area contributed by atoms with Crippen LogP contribution in [0.1, 0.15) is 11.1 Å². The number of aliphatic hydroxyl groups is 1. The predicted molar refractivity (Wildman–Crippen MR) is 73.8 cm³/mol. The van der Waals surface area contributed by atoms with E-state index in [0.29, 0.717) is 26.5 Å². The van der Waals surface area contributed by atoms with Gasteiger partial charge >= 0.3 is 6.18 Å². The van der Waals surface area contributed by atoms with Gasteiger partial charge in [0.2, 0.25) is 0 Å². The molecular formula is C14H9F3N2OS. The van der Waals surface area contributed by atoms with E-state index in [1.54, 1.807) is 18.3 Å². The lowest BCUT2D eigenvalue weighted by Gasteiger charge is -2.07. The Morgan fingerprint density at radius 2 is 2.00 bits per heavy atom. The Bertz CT molecular complexity index is 798. The molecule has 3 aromatic rings. The number of thiazole rings is 1. The van der Waals surface area contributed by atoms with Gasteiger partial charge in [-0.25, -0.2) is 9.97 Å². The van der Waals surface area contributed by atoms with Gasteiger partial charge in [-0.15, -0.1) is 0 Å². The van der Waals surface area contributed by atoms with Crippen molar-refractivity contribution in [2.75, 3.05) is 0 Å². The topological polar surface area (TPSA) is 46.0 Å². The molecule has 0 radical (unpaired) electrons. The van der Waals surface area contributed by atoms with E-state index < -0.39 is 11.7 Å². The van der Waals surface area contributed by atoms with E-state index >= 15 is 0 Å². The Hall–Kier alpha value is -1.99. The molecule has 0 aliphatic rings. The lowest BCUT2D eigenvalue weighted by atomic mass is 10.1. The largest absolute Gasteiger partial charge is 0.416 e. The normalized spacial score (nSPS) is 12.0. The second-order valence-electron chi connectivity index (χ2n) is 4.38. The van der Waals surface area contributed by atoms with Gasteiger partial charge < -0.3 is 5.11 Å². The third kappa shape index (κ3) is 2.62. The molecule has 0 unspecified atom stereocenters. The third-order valence-corrected chi connectivity index (χ3v) is 4.00. The van der Waals surface area contributed by atoms with Crippen LogP contribution in [-0.2, 0) is 12.8 Å². The molecule has 0 fully saturated rings. The number of fused-ring (bicyclic) bond motifs is 1. The summed E-state index contributed by atoms with van der Waals surface area (Å²) in [6, 6.07) is 6.65. The van der Waals surface area contributed by atoms with Crippen LogP contribution in [0.5, 0.6) is 0 Å². The second-order valence-corrected chi connectivity index (χ2v) is 5.36. The zero-order valence-corrected chi connectivity index (χ0v) is 11.4. The van der Waals surface area contributed by atoms with E-state index in [9.17, 15) is 18.3 Å². The lowest BCUT2D eigenvalue weighted by Crippen LogP contribution is -2.04. The van der Waals surface area contributed by atoms with E-state index in [1.807, 2.05) is 0 Å². The maximum atomic E-state index is 12.7. The van der Waals surface area contributed by atoms with E-state index in [0.717, 1.165) is 12.1 Å². The van der Waals surface area contributed by atoms with Crippen molar-refractivity contribution in [3.8, 4) is 10.6 Å². The number of halogens is 3. The number of rotatable bonds is 2. The molecule has 0 saturated carbocycles. The molecule has 108 valence electrons. The van der Waals surface area contributed by atoms with E-state index in [2.05, 4.69) is 9.97 Å². The molecule has 0 aliphatic carbocycles. The quantitative estimate of drug-likeness (QED) is 0.781. The number of aromatic nitrogens is 2. The van der Waals surface area contributed by atoms with Gasteiger partial charge in [0.25, 0.3) is 0 Å². The molecule has 0 spiro atoms. The van der Waals surface area contributed by atoms with Gasteiger partial charge in [-0.05, 0) is 18.2 Å². The van der Waals surface area contributed by atoms with Gasteiger partial charge in [-0.1, -0.05) is 23.5 Å². The first kappa shape index (κ1) is 14.0. The highest BCUT2D eigenvalue weighted by Gasteiger charge is 2.30. The lowest BCUT2D eigenvalue weighted by molar-refractivity contribution is -0.137. The molecule has 0 aliphatic heterocycles. The number of aliphatic hydroxyl groups excluding tert-OH is 1. The van der Waals surface area contributed by atoms with Gasteiger partial charge in [-0.3, -0.25) is 0 Å². The number of hydrogen-bond donors (Lipinski definition) is 1. The molecule has 21 heavy (non-hydrogen) atoms. The predicted octanol–water partition coefficient (Wildman–Crippen LogP) is 3.87. The fourth-order valence-corrected chi connectivity index (χ4v) is 2.91. The maximum absolute atomic E-state index is 12.7. The molecule has 7 heteroatoms. The van der Waals surface area contributed by atoms with Gasteiger partial charge in [0.15, 0.2) is 0 Å². The Morgan fingerprint density at radius 3 is 2.71 bits per heavy atom. The van der Waals surface area contributed by atoms with Crippen molar-refractivity contribution in [2.24, 2.45) is 0 Å². The molecule has 0 atom stereocenters. The van der Waals surface area contributed by atoms with Crippen molar-refractivity contribution in [3.05, 3.63) is 47.7 Å².